The van der Waals surface area contributed by atoms with Crippen molar-refractivity contribution in [3.05, 3.63) is 40.3 Å². The average Bonchev–Trinajstić information content (AvgIpc) is 2.49. The van der Waals surface area contributed by atoms with Gasteiger partial charge < -0.3 is 14.4 Å². The lowest BCUT2D eigenvalue weighted by Gasteiger charge is -2.18. The van der Waals surface area contributed by atoms with E-state index in [0.717, 1.165) is 12.8 Å². The van der Waals surface area contributed by atoms with Crippen molar-refractivity contribution in [3.8, 4) is 5.75 Å². The second-order valence-corrected chi connectivity index (χ2v) is 4.94. The van der Waals surface area contributed by atoms with Gasteiger partial charge in [0.15, 0.2) is 0 Å². The summed E-state index contributed by atoms with van der Waals surface area (Å²) in [5, 5.41) is 10.2. The second-order valence-electron chi connectivity index (χ2n) is 4.94. The van der Waals surface area contributed by atoms with Crippen molar-refractivity contribution in [3.63, 3.8) is 0 Å². The van der Waals surface area contributed by atoms with Gasteiger partial charge in [-0.25, -0.2) is 4.79 Å². The zero-order valence-corrected chi connectivity index (χ0v) is 12.4. The lowest BCUT2D eigenvalue weighted by atomic mass is 10.1. The first-order valence-electron chi connectivity index (χ1n) is 6.99. The van der Waals surface area contributed by atoms with E-state index >= 15 is 0 Å². The highest BCUT2D eigenvalue weighted by molar-refractivity contribution is 6.03. The molecule has 1 heterocycles. The largest absolute Gasteiger partial charge is 0.497 e. The Labute approximate surface area is 122 Å². The topological polar surface area (TPSA) is 68.5 Å². The van der Waals surface area contributed by atoms with Crippen LogP contribution in [0.3, 0.4) is 0 Å². The third-order valence-electron chi connectivity index (χ3n) is 3.82. The number of rotatable bonds is 5. The molecule has 2 rings (SSSR count). The number of carbonyl (C=O) groups is 1. The Balaban J connectivity index is 2.86. The second kappa shape index (κ2) is 5.99. The van der Waals surface area contributed by atoms with Crippen molar-refractivity contribution in [2.75, 3.05) is 7.11 Å². The van der Waals surface area contributed by atoms with Crippen LogP contribution < -0.4 is 10.3 Å². The minimum Gasteiger partial charge on any atom is -0.497 e. The number of hydrogen-bond acceptors (Lipinski definition) is 3. The first kappa shape index (κ1) is 15.1. The van der Waals surface area contributed by atoms with Gasteiger partial charge in [0.1, 0.15) is 5.75 Å². The molecule has 2 aromatic rings. The monoisotopic (exact) mass is 289 g/mol. The third kappa shape index (κ3) is 2.63. The van der Waals surface area contributed by atoms with Gasteiger partial charge in [0.25, 0.3) is 5.56 Å². The highest BCUT2D eigenvalue weighted by Gasteiger charge is 2.17. The number of benzene rings is 1. The lowest BCUT2D eigenvalue weighted by molar-refractivity contribution is 0.0698. The molecular weight excluding hydrogens is 270 g/mol. The lowest BCUT2D eigenvalue weighted by Crippen LogP contribution is -2.25. The predicted octanol–water partition coefficient (Wildman–Crippen LogP) is 3.07. The van der Waals surface area contributed by atoms with E-state index in [1.807, 2.05) is 13.8 Å². The van der Waals surface area contributed by atoms with Crippen molar-refractivity contribution in [1.82, 2.24) is 4.57 Å². The SMILES string of the molecule is CCC(CC)n1cc(C(=O)O)c2ccc(OC)cc2c1=O. The molecule has 112 valence electrons. The maximum Gasteiger partial charge on any atom is 0.337 e. The molecule has 0 spiro atoms. The molecule has 0 aliphatic heterocycles. The maximum absolute atomic E-state index is 12.6. The fraction of sp³-hybridized carbons (Fsp3) is 0.375. The summed E-state index contributed by atoms with van der Waals surface area (Å²) in [5.74, 6) is -0.497. The molecule has 21 heavy (non-hydrogen) atoms. The van der Waals surface area contributed by atoms with Crippen molar-refractivity contribution in [2.45, 2.75) is 32.7 Å². The molecule has 1 aromatic heterocycles. The highest BCUT2D eigenvalue weighted by atomic mass is 16.5. The molecule has 0 radical (unpaired) electrons. The van der Waals surface area contributed by atoms with Gasteiger partial charge in [-0.3, -0.25) is 4.79 Å². The van der Waals surface area contributed by atoms with Crippen LogP contribution in [0.1, 0.15) is 43.1 Å². The summed E-state index contributed by atoms with van der Waals surface area (Å²) in [4.78, 5) is 24.1. The van der Waals surface area contributed by atoms with Crippen molar-refractivity contribution < 1.29 is 14.6 Å². The first-order chi connectivity index (χ1) is 10.0. The number of ether oxygens (including phenoxy) is 1. The molecule has 0 aliphatic rings. The Morgan fingerprint density at radius 3 is 2.48 bits per heavy atom. The van der Waals surface area contributed by atoms with Crippen molar-refractivity contribution in [2.24, 2.45) is 0 Å². The van der Waals surface area contributed by atoms with Crippen LogP contribution in [0.2, 0.25) is 0 Å². The predicted molar refractivity (Wildman–Crippen MR) is 81.3 cm³/mol. The van der Waals surface area contributed by atoms with E-state index in [2.05, 4.69) is 0 Å². The van der Waals surface area contributed by atoms with Crippen LogP contribution >= 0.6 is 0 Å². The number of nitrogens with zero attached hydrogens (tertiary/aromatic N) is 1. The van der Waals surface area contributed by atoms with Crippen LogP contribution in [0, 0.1) is 0 Å². The van der Waals surface area contributed by atoms with E-state index in [-0.39, 0.29) is 17.2 Å². The summed E-state index contributed by atoms with van der Waals surface area (Å²) < 4.78 is 6.67. The van der Waals surface area contributed by atoms with Gasteiger partial charge in [-0.1, -0.05) is 13.8 Å². The van der Waals surface area contributed by atoms with E-state index in [4.69, 9.17) is 4.74 Å². The molecule has 0 unspecified atom stereocenters. The molecule has 0 fully saturated rings. The van der Waals surface area contributed by atoms with Gasteiger partial charge in [-0.15, -0.1) is 0 Å². The molecule has 0 saturated carbocycles. The number of carboxylic acid groups (broad SMARTS) is 1. The molecule has 0 bridgehead atoms. The number of aromatic nitrogens is 1. The average molecular weight is 289 g/mol. The van der Waals surface area contributed by atoms with Crippen LogP contribution in [-0.4, -0.2) is 22.8 Å². The fourth-order valence-corrected chi connectivity index (χ4v) is 2.59. The Kier molecular flexibility index (Phi) is 4.31. The van der Waals surface area contributed by atoms with Gasteiger partial charge in [0, 0.05) is 17.6 Å². The van der Waals surface area contributed by atoms with Gasteiger partial charge in [0.2, 0.25) is 0 Å². The number of pyridine rings is 1. The Morgan fingerprint density at radius 1 is 1.29 bits per heavy atom. The van der Waals surface area contributed by atoms with E-state index in [1.54, 1.807) is 18.2 Å². The molecule has 1 N–H and O–H groups in total. The van der Waals surface area contributed by atoms with Crippen LogP contribution in [0.15, 0.2) is 29.2 Å². The zero-order valence-electron chi connectivity index (χ0n) is 12.4. The van der Waals surface area contributed by atoms with E-state index < -0.39 is 5.97 Å². The molecule has 5 nitrogen and oxygen atoms in total. The minimum absolute atomic E-state index is 0.00815. The molecular formula is C16H19NO4. The van der Waals surface area contributed by atoms with Gasteiger partial charge >= 0.3 is 5.97 Å². The Morgan fingerprint density at radius 2 is 1.95 bits per heavy atom. The smallest absolute Gasteiger partial charge is 0.337 e. The van der Waals surface area contributed by atoms with Gasteiger partial charge in [0.05, 0.1) is 18.1 Å². The summed E-state index contributed by atoms with van der Waals surface area (Å²) in [5.41, 5.74) is -0.0400. The number of carboxylic acids is 1. The minimum atomic E-state index is -1.04. The molecule has 1 aromatic carbocycles. The summed E-state index contributed by atoms with van der Waals surface area (Å²) in [6.45, 7) is 3.97. The number of methoxy groups -OCH3 is 1. The molecule has 0 saturated heterocycles. The normalized spacial score (nSPS) is 11.0. The number of hydrogen-bond donors (Lipinski definition) is 1. The molecule has 0 aliphatic carbocycles. The third-order valence-corrected chi connectivity index (χ3v) is 3.82. The van der Waals surface area contributed by atoms with Gasteiger partial charge in [-0.2, -0.15) is 0 Å². The standard InChI is InChI=1S/C16H19NO4/c1-4-10(5-2)17-9-14(16(19)20)12-7-6-11(21-3)8-13(12)15(17)18/h6-10H,4-5H2,1-3H3,(H,19,20). The zero-order chi connectivity index (χ0) is 15.6. The summed E-state index contributed by atoms with van der Waals surface area (Å²) >= 11 is 0. The quantitative estimate of drug-likeness (QED) is 0.918. The number of fused-ring (bicyclic) bond motifs is 1. The van der Waals surface area contributed by atoms with E-state index in [9.17, 15) is 14.7 Å². The summed E-state index contributed by atoms with van der Waals surface area (Å²) in [6.07, 6.45) is 2.99. The van der Waals surface area contributed by atoms with E-state index in [0.29, 0.717) is 16.5 Å². The van der Waals surface area contributed by atoms with Gasteiger partial charge in [-0.05, 0) is 31.0 Å². The Hall–Kier alpha value is -2.30. The number of aromatic carboxylic acids is 1. The maximum atomic E-state index is 12.6. The van der Waals surface area contributed by atoms with Crippen LogP contribution in [0.4, 0.5) is 0 Å². The Bertz CT molecular complexity index is 729. The molecule has 0 atom stereocenters. The molecule has 5 heteroatoms. The highest BCUT2D eigenvalue weighted by Crippen LogP contribution is 2.23. The van der Waals surface area contributed by atoms with E-state index in [1.165, 1.54) is 17.9 Å². The van der Waals surface area contributed by atoms with Crippen LogP contribution in [0.5, 0.6) is 5.75 Å². The summed E-state index contributed by atoms with van der Waals surface area (Å²) in [7, 11) is 1.52. The fourth-order valence-electron chi connectivity index (χ4n) is 2.59. The first-order valence-corrected chi connectivity index (χ1v) is 6.99. The van der Waals surface area contributed by atoms with Crippen LogP contribution in [-0.2, 0) is 0 Å². The van der Waals surface area contributed by atoms with Crippen molar-refractivity contribution in [1.29, 1.82) is 0 Å². The summed E-state index contributed by atoms with van der Waals surface area (Å²) in [6, 6.07) is 4.88. The van der Waals surface area contributed by atoms with Crippen molar-refractivity contribution >= 4 is 16.7 Å². The van der Waals surface area contributed by atoms with Crippen LogP contribution in [0.25, 0.3) is 10.8 Å². The molecule has 0 amide bonds.